The Kier molecular flexibility index (Phi) is 12.5. The number of carbonyl (C=O) groups excluding carboxylic acids is 2. The lowest BCUT2D eigenvalue weighted by Gasteiger charge is -2.40. The quantitative estimate of drug-likeness (QED) is 0.202. The predicted octanol–water partition coefficient (Wildman–Crippen LogP) is 6.09. The van der Waals surface area contributed by atoms with Gasteiger partial charge < -0.3 is 28.4 Å². The fraction of sp³-hybridized carbons (Fsp3) is 0.722. The third kappa shape index (κ3) is 8.46. The number of nitrogens with zero attached hydrogens (tertiary/aromatic N) is 1. The van der Waals surface area contributed by atoms with E-state index in [1.54, 1.807) is 0 Å². The Bertz CT molecular complexity index is 1580. The summed E-state index contributed by atoms with van der Waals surface area (Å²) in [5.74, 6) is -3.04. The Morgan fingerprint density at radius 3 is 1.78 bits per heavy atom. The third-order valence-electron chi connectivity index (χ3n) is 10.9. The summed E-state index contributed by atoms with van der Waals surface area (Å²) >= 11 is 0. The molecule has 0 aromatic carbocycles. The number of nitrogens with one attached hydrogen (secondary N) is 2. The number of carbonyl (C=O) groups is 2. The molecular formula is C36H61N3O9Si2. The Morgan fingerprint density at radius 2 is 1.36 bits per heavy atom. The molecule has 0 aliphatic carbocycles. The predicted molar refractivity (Wildman–Crippen MR) is 199 cm³/mol. The topological polar surface area (TPSA) is 147 Å². The van der Waals surface area contributed by atoms with Gasteiger partial charge in [0.25, 0.3) is 5.56 Å². The molecule has 12 nitrogen and oxygen atoms in total. The van der Waals surface area contributed by atoms with E-state index in [0.29, 0.717) is 17.8 Å². The van der Waals surface area contributed by atoms with Crippen LogP contribution >= 0.6 is 0 Å². The summed E-state index contributed by atoms with van der Waals surface area (Å²) in [6.07, 6.45) is 0.0319. The van der Waals surface area contributed by atoms with Crippen molar-refractivity contribution in [3.05, 3.63) is 55.1 Å². The van der Waals surface area contributed by atoms with E-state index in [2.05, 4.69) is 78.0 Å². The van der Waals surface area contributed by atoms with Gasteiger partial charge in [-0.3, -0.25) is 14.3 Å². The third-order valence-corrected chi connectivity index (χ3v) is 19.9. The van der Waals surface area contributed by atoms with E-state index < -0.39 is 58.1 Å². The minimum absolute atomic E-state index is 0.00892. The molecule has 0 amide bonds. The van der Waals surface area contributed by atoms with E-state index >= 15 is 0 Å². The largest absolute Gasteiger partial charge is 0.466 e. The minimum Gasteiger partial charge on any atom is -0.466 e. The van der Waals surface area contributed by atoms with Crippen molar-refractivity contribution in [3.63, 3.8) is 0 Å². The highest BCUT2D eigenvalue weighted by Crippen LogP contribution is 2.44. The highest BCUT2D eigenvalue weighted by atomic mass is 28.4. The van der Waals surface area contributed by atoms with Crippen molar-refractivity contribution >= 4 is 28.6 Å². The number of rotatable bonds is 11. The van der Waals surface area contributed by atoms with E-state index in [9.17, 15) is 19.2 Å². The zero-order valence-electron chi connectivity index (χ0n) is 33.1. The highest BCUT2D eigenvalue weighted by Gasteiger charge is 2.48. The summed E-state index contributed by atoms with van der Waals surface area (Å²) in [5, 5.41) is 3.19. The van der Waals surface area contributed by atoms with E-state index in [0.717, 1.165) is 0 Å². The van der Waals surface area contributed by atoms with Crippen LogP contribution in [0.3, 0.4) is 0 Å². The van der Waals surface area contributed by atoms with Crippen LogP contribution < -0.4 is 16.6 Å². The van der Waals surface area contributed by atoms with Gasteiger partial charge >= 0.3 is 17.6 Å². The van der Waals surface area contributed by atoms with Gasteiger partial charge in [0.1, 0.15) is 12.3 Å². The molecule has 14 heteroatoms. The Labute approximate surface area is 299 Å². The molecule has 0 bridgehead atoms. The monoisotopic (exact) mass is 735 g/mol. The fourth-order valence-corrected chi connectivity index (χ4v) is 8.13. The maximum absolute atomic E-state index is 13.8. The SMILES string of the molecule is COC(=O)C1=C(C(C)C)NC(C(C)C)=C(C(=O)OC)C1c1cn([C@H]2C[C@H](O[Si](C)(C)C(C)(C)C)[C@@H](CO[Si](C)(C)C(C)(C)C)O2)c(=O)[nH]c1=O. The molecule has 1 aromatic heterocycles. The summed E-state index contributed by atoms with van der Waals surface area (Å²) < 4.78 is 31.9. The first-order chi connectivity index (χ1) is 22.8. The number of methoxy groups -OCH3 is 2. The van der Waals surface area contributed by atoms with Crippen LogP contribution in [-0.2, 0) is 32.7 Å². The van der Waals surface area contributed by atoms with Crippen molar-refractivity contribution in [1.29, 1.82) is 0 Å². The van der Waals surface area contributed by atoms with Gasteiger partial charge in [-0.2, -0.15) is 0 Å². The highest BCUT2D eigenvalue weighted by molar-refractivity contribution is 6.74. The van der Waals surface area contributed by atoms with Crippen LogP contribution in [0.15, 0.2) is 38.3 Å². The average molecular weight is 736 g/mol. The lowest BCUT2D eigenvalue weighted by Crippen LogP contribution is -2.48. The molecule has 1 fully saturated rings. The Morgan fingerprint density at radius 1 is 0.880 bits per heavy atom. The lowest BCUT2D eigenvalue weighted by atomic mass is 9.77. The number of hydrogen-bond donors (Lipinski definition) is 2. The molecule has 1 saturated heterocycles. The van der Waals surface area contributed by atoms with E-state index in [1.807, 2.05) is 27.7 Å². The first kappa shape index (κ1) is 41.6. The summed E-state index contributed by atoms with van der Waals surface area (Å²) in [4.78, 5) is 56.9. The Balaban J connectivity index is 2.25. The van der Waals surface area contributed by atoms with Crippen molar-refractivity contribution in [1.82, 2.24) is 14.9 Å². The zero-order valence-corrected chi connectivity index (χ0v) is 35.1. The molecule has 3 heterocycles. The number of allylic oxidation sites excluding steroid dienone is 2. The molecule has 0 saturated carbocycles. The number of aromatic amines is 1. The van der Waals surface area contributed by atoms with Crippen LogP contribution in [-0.4, -0.2) is 71.2 Å². The van der Waals surface area contributed by atoms with Crippen LogP contribution in [0.2, 0.25) is 36.3 Å². The van der Waals surface area contributed by atoms with Crippen LogP contribution in [0, 0.1) is 11.8 Å². The first-order valence-electron chi connectivity index (χ1n) is 17.5. The van der Waals surface area contributed by atoms with Gasteiger partial charge in [0, 0.05) is 29.6 Å². The molecule has 0 unspecified atom stereocenters. The van der Waals surface area contributed by atoms with Crippen LogP contribution in [0.25, 0.3) is 0 Å². The van der Waals surface area contributed by atoms with Crippen LogP contribution in [0.1, 0.15) is 93.4 Å². The van der Waals surface area contributed by atoms with E-state index in [1.165, 1.54) is 25.0 Å². The number of H-pyrrole nitrogens is 1. The number of ether oxygens (including phenoxy) is 3. The summed E-state index contributed by atoms with van der Waals surface area (Å²) in [6, 6.07) is 0. The van der Waals surface area contributed by atoms with Crippen molar-refractivity contribution in [2.75, 3.05) is 20.8 Å². The van der Waals surface area contributed by atoms with E-state index in [4.69, 9.17) is 23.1 Å². The molecule has 2 aliphatic rings. The first-order valence-corrected chi connectivity index (χ1v) is 23.4. The molecule has 50 heavy (non-hydrogen) atoms. The van der Waals surface area contributed by atoms with Crippen LogP contribution in [0.5, 0.6) is 0 Å². The second kappa shape index (κ2) is 15.1. The maximum atomic E-state index is 13.8. The molecule has 2 N–H and O–H groups in total. The van der Waals surface area contributed by atoms with Crippen molar-refractivity contribution in [2.45, 2.75) is 136 Å². The molecule has 3 atom stereocenters. The maximum Gasteiger partial charge on any atom is 0.336 e. The minimum atomic E-state index is -2.29. The van der Waals surface area contributed by atoms with Gasteiger partial charge in [0.15, 0.2) is 16.6 Å². The molecule has 3 rings (SSSR count). The van der Waals surface area contributed by atoms with Crippen molar-refractivity contribution < 1.29 is 32.7 Å². The molecule has 0 spiro atoms. The standard InChI is InChI=1S/C36H61N3O9Si2/c1-20(2)29-27(32(41)44-11)26(28(33(42)45-12)30(37-29)21(3)4)22-18-39(34(43)38-31(22)40)25-17-23(48-50(15,16)36(8,9)10)24(47-25)19-46-49(13,14)35(5,6)7/h18,20-21,23-26,37H,17,19H2,1-16H3,(H,38,40,43)/t23-,24+,25+/m0/s1. The second-order valence-corrected chi connectivity index (χ2v) is 26.7. The molecule has 2 aliphatic heterocycles. The summed E-state index contributed by atoms with van der Waals surface area (Å²) in [6.45, 7) is 29.6. The van der Waals surface area contributed by atoms with Gasteiger partial charge in [-0.05, 0) is 48.1 Å². The summed E-state index contributed by atoms with van der Waals surface area (Å²) in [5.41, 5.74) is -0.205. The Hall–Kier alpha value is -2.79. The number of hydrogen-bond acceptors (Lipinski definition) is 10. The lowest BCUT2D eigenvalue weighted by molar-refractivity contribution is -0.137. The summed E-state index contributed by atoms with van der Waals surface area (Å²) in [7, 11) is -1.97. The molecule has 282 valence electrons. The normalized spacial score (nSPS) is 21.3. The van der Waals surface area contributed by atoms with E-state index in [-0.39, 0.29) is 51.3 Å². The van der Waals surface area contributed by atoms with Crippen molar-refractivity contribution in [2.24, 2.45) is 11.8 Å². The number of aromatic nitrogens is 2. The number of dihydropyridines is 1. The number of esters is 2. The van der Waals surface area contributed by atoms with Crippen LogP contribution in [0.4, 0.5) is 0 Å². The van der Waals surface area contributed by atoms with Gasteiger partial charge in [-0.25, -0.2) is 14.4 Å². The van der Waals surface area contributed by atoms with Gasteiger partial charge in [-0.15, -0.1) is 0 Å². The zero-order chi connectivity index (χ0) is 38.3. The average Bonchev–Trinajstić information content (AvgIpc) is 3.38. The molecule has 0 radical (unpaired) electrons. The second-order valence-electron chi connectivity index (χ2n) is 17.1. The fourth-order valence-electron chi connectivity index (χ4n) is 5.76. The molecular weight excluding hydrogens is 675 g/mol. The van der Waals surface area contributed by atoms with Gasteiger partial charge in [0.2, 0.25) is 0 Å². The van der Waals surface area contributed by atoms with Gasteiger partial charge in [0.05, 0.1) is 44.0 Å². The van der Waals surface area contributed by atoms with Crippen molar-refractivity contribution in [3.8, 4) is 0 Å². The smallest absolute Gasteiger partial charge is 0.336 e. The molecule has 1 aromatic rings. The van der Waals surface area contributed by atoms with Gasteiger partial charge in [-0.1, -0.05) is 69.2 Å².